The van der Waals surface area contributed by atoms with Gasteiger partial charge in [-0.3, -0.25) is 0 Å². The van der Waals surface area contributed by atoms with E-state index < -0.39 is 0 Å². The van der Waals surface area contributed by atoms with Gasteiger partial charge in [0.25, 0.3) is 0 Å². The molecule has 0 aliphatic rings. The van der Waals surface area contributed by atoms with Crippen LogP contribution in [0, 0.1) is 0 Å². The van der Waals surface area contributed by atoms with Crippen LogP contribution in [0.3, 0.4) is 0 Å². The predicted molar refractivity (Wildman–Crippen MR) is 200 cm³/mol. The van der Waals surface area contributed by atoms with Crippen molar-refractivity contribution in [1.29, 1.82) is 0 Å². The Morgan fingerprint density at radius 1 is 0.348 bits per heavy atom. The molecule has 0 atom stereocenters. The molecule has 0 aliphatic carbocycles. The van der Waals surface area contributed by atoms with Crippen molar-refractivity contribution in [2.45, 2.75) is 0 Å². The second-order valence-corrected chi connectivity index (χ2v) is 12.8. The molecule has 0 N–H and O–H groups in total. The number of benzene rings is 8. The molecule has 0 radical (unpaired) electrons. The van der Waals surface area contributed by atoms with Gasteiger partial charge in [0.05, 0.1) is 11.4 Å². The van der Waals surface area contributed by atoms with Crippen molar-refractivity contribution >= 4 is 70.1 Å². The standard InChI is InChI=1S/C44H29NS/c1-3-16-34-30(12-1)14-9-20-35(34)32-26-28-33(29-27-32)45(40-23-10-15-31-13-2-4-17-36(31)40)41-22-7-5-18-37(41)38-21-11-25-43-44(38)39-19-6-8-24-42(39)46-43/h1-29H. The summed E-state index contributed by atoms with van der Waals surface area (Å²) in [4.78, 5) is 2.44. The Labute approximate surface area is 272 Å². The summed E-state index contributed by atoms with van der Waals surface area (Å²) in [6, 6.07) is 64.0. The highest BCUT2D eigenvalue weighted by Gasteiger charge is 2.21. The van der Waals surface area contributed by atoms with Crippen molar-refractivity contribution in [2.24, 2.45) is 0 Å². The molecule has 0 saturated heterocycles. The highest BCUT2D eigenvalue weighted by Crippen LogP contribution is 2.47. The quantitative estimate of drug-likeness (QED) is 0.189. The topological polar surface area (TPSA) is 3.24 Å². The van der Waals surface area contributed by atoms with E-state index in [2.05, 4.69) is 181 Å². The van der Waals surface area contributed by atoms with E-state index in [1.165, 1.54) is 64.0 Å². The molecule has 0 spiro atoms. The lowest BCUT2D eigenvalue weighted by Gasteiger charge is -2.29. The fourth-order valence-corrected chi connectivity index (χ4v) is 8.11. The maximum absolute atomic E-state index is 2.44. The minimum atomic E-state index is 1.12. The number of rotatable bonds is 5. The zero-order valence-electron chi connectivity index (χ0n) is 25.1. The number of nitrogens with zero attached hydrogens (tertiary/aromatic N) is 1. The maximum Gasteiger partial charge on any atom is 0.0540 e. The Hall–Kier alpha value is -5.70. The van der Waals surface area contributed by atoms with Gasteiger partial charge in [-0.05, 0) is 69.2 Å². The lowest BCUT2D eigenvalue weighted by Crippen LogP contribution is -2.11. The zero-order valence-corrected chi connectivity index (χ0v) is 25.9. The molecule has 1 aromatic heterocycles. The normalized spacial score (nSPS) is 11.5. The minimum absolute atomic E-state index is 1.12. The second kappa shape index (κ2) is 11.0. The first kappa shape index (κ1) is 26.7. The van der Waals surface area contributed by atoms with E-state index in [4.69, 9.17) is 0 Å². The van der Waals surface area contributed by atoms with E-state index in [0.717, 1.165) is 17.1 Å². The number of thiophene rings is 1. The van der Waals surface area contributed by atoms with Crippen molar-refractivity contribution < 1.29 is 0 Å². The highest BCUT2D eigenvalue weighted by molar-refractivity contribution is 7.25. The Kier molecular flexibility index (Phi) is 6.40. The van der Waals surface area contributed by atoms with E-state index in [0.29, 0.717) is 0 Å². The molecule has 216 valence electrons. The first-order chi connectivity index (χ1) is 22.8. The molecule has 0 saturated carbocycles. The van der Waals surface area contributed by atoms with Crippen LogP contribution in [-0.4, -0.2) is 0 Å². The largest absolute Gasteiger partial charge is 0.309 e. The summed E-state index contributed by atoms with van der Waals surface area (Å²) < 4.78 is 2.63. The smallest absolute Gasteiger partial charge is 0.0540 e. The van der Waals surface area contributed by atoms with E-state index in [1.807, 2.05) is 11.3 Å². The van der Waals surface area contributed by atoms with E-state index >= 15 is 0 Å². The Balaban J connectivity index is 1.28. The lowest BCUT2D eigenvalue weighted by atomic mass is 9.96. The molecule has 0 fully saturated rings. The summed E-state index contributed by atoms with van der Waals surface area (Å²) in [6.45, 7) is 0. The molecule has 1 heterocycles. The first-order valence-corrected chi connectivity index (χ1v) is 16.5. The summed E-state index contributed by atoms with van der Waals surface area (Å²) >= 11 is 1.87. The number of hydrogen-bond acceptors (Lipinski definition) is 2. The van der Waals surface area contributed by atoms with Gasteiger partial charge in [0.2, 0.25) is 0 Å². The summed E-state index contributed by atoms with van der Waals surface area (Å²) in [6.07, 6.45) is 0. The van der Waals surface area contributed by atoms with Gasteiger partial charge in [-0.15, -0.1) is 11.3 Å². The highest BCUT2D eigenvalue weighted by atomic mass is 32.1. The van der Waals surface area contributed by atoms with Gasteiger partial charge in [0.1, 0.15) is 0 Å². The monoisotopic (exact) mass is 603 g/mol. The van der Waals surface area contributed by atoms with Gasteiger partial charge in [0.15, 0.2) is 0 Å². The first-order valence-electron chi connectivity index (χ1n) is 15.7. The van der Waals surface area contributed by atoms with Crippen LogP contribution in [0.1, 0.15) is 0 Å². The molecular weight excluding hydrogens is 575 g/mol. The van der Waals surface area contributed by atoms with Crippen LogP contribution in [0.5, 0.6) is 0 Å². The summed E-state index contributed by atoms with van der Waals surface area (Å²) in [5.74, 6) is 0. The van der Waals surface area contributed by atoms with E-state index in [9.17, 15) is 0 Å². The summed E-state index contributed by atoms with van der Waals surface area (Å²) in [5.41, 5.74) is 8.35. The predicted octanol–water partition coefficient (Wildman–Crippen LogP) is 13.2. The second-order valence-electron chi connectivity index (χ2n) is 11.7. The van der Waals surface area contributed by atoms with E-state index in [-0.39, 0.29) is 0 Å². The van der Waals surface area contributed by atoms with Crippen LogP contribution in [0.25, 0.3) is 64.0 Å². The van der Waals surface area contributed by atoms with Crippen molar-refractivity contribution in [3.8, 4) is 22.3 Å². The molecule has 46 heavy (non-hydrogen) atoms. The van der Waals surface area contributed by atoms with Gasteiger partial charge in [-0.1, -0.05) is 140 Å². The lowest BCUT2D eigenvalue weighted by molar-refractivity contribution is 1.30. The average molecular weight is 604 g/mol. The number of anilines is 3. The molecule has 0 aliphatic heterocycles. The van der Waals surface area contributed by atoms with Crippen molar-refractivity contribution in [1.82, 2.24) is 0 Å². The van der Waals surface area contributed by atoms with Crippen LogP contribution < -0.4 is 4.90 Å². The summed E-state index contributed by atoms with van der Waals surface area (Å²) in [7, 11) is 0. The Morgan fingerprint density at radius 3 is 1.74 bits per heavy atom. The van der Waals surface area contributed by atoms with Gasteiger partial charge >= 0.3 is 0 Å². The maximum atomic E-state index is 2.44. The van der Waals surface area contributed by atoms with Gasteiger partial charge in [-0.25, -0.2) is 0 Å². The average Bonchev–Trinajstić information content (AvgIpc) is 3.51. The Morgan fingerprint density at radius 2 is 0.891 bits per heavy atom. The molecule has 0 amide bonds. The SMILES string of the molecule is c1ccc(N(c2ccc(-c3cccc4ccccc34)cc2)c2cccc3ccccc23)c(-c2cccc3sc4ccccc4c23)c1. The van der Waals surface area contributed by atoms with Crippen molar-refractivity contribution in [3.05, 3.63) is 176 Å². The summed E-state index contributed by atoms with van der Waals surface area (Å²) in [5, 5.41) is 7.59. The van der Waals surface area contributed by atoms with Crippen molar-refractivity contribution in [3.63, 3.8) is 0 Å². The number of fused-ring (bicyclic) bond motifs is 5. The molecule has 2 heteroatoms. The molecule has 8 aromatic carbocycles. The number of hydrogen-bond donors (Lipinski definition) is 0. The molecular formula is C44H29NS. The molecule has 0 bridgehead atoms. The minimum Gasteiger partial charge on any atom is -0.309 e. The van der Waals surface area contributed by atoms with Gasteiger partial charge < -0.3 is 4.90 Å². The van der Waals surface area contributed by atoms with Crippen LogP contribution in [0.15, 0.2) is 176 Å². The fraction of sp³-hybridized carbons (Fsp3) is 0. The number of para-hydroxylation sites is 1. The van der Waals surface area contributed by atoms with Gasteiger partial charge in [0, 0.05) is 36.8 Å². The third-order valence-electron chi connectivity index (χ3n) is 9.07. The van der Waals surface area contributed by atoms with E-state index in [1.54, 1.807) is 0 Å². The molecule has 1 nitrogen and oxygen atoms in total. The van der Waals surface area contributed by atoms with Gasteiger partial charge in [-0.2, -0.15) is 0 Å². The van der Waals surface area contributed by atoms with Crippen LogP contribution in [0.2, 0.25) is 0 Å². The van der Waals surface area contributed by atoms with Crippen LogP contribution >= 0.6 is 11.3 Å². The Bertz CT molecular complexity index is 2530. The van der Waals surface area contributed by atoms with Crippen molar-refractivity contribution in [2.75, 3.05) is 4.90 Å². The third-order valence-corrected chi connectivity index (χ3v) is 10.2. The zero-order chi connectivity index (χ0) is 30.5. The fourth-order valence-electron chi connectivity index (χ4n) is 6.97. The van der Waals surface area contributed by atoms with Crippen LogP contribution in [-0.2, 0) is 0 Å². The molecule has 9 aromatic rings. The molecule has 0 unspecified atom stereocenters. The van der Waals surface area contributed by atoms with Crippen LogP contribution in [0.4, 0.5) is 17.1 Å². The third kappa shape index (κ3) is 4.38. The molecule has 9 rings (SSSR count).